The van der Waals surface area contributed by atoms with Crippen molar-refractivity contribution in [1.29, 1.82) is 5.26 Å². The van der Waals surface area contributed by atoms with E-state index in [1.165, 1.54) is 23.9 Å². The highest BCUT2D eigenvalue weighted by molar-refractivity contribution is 8.00. The third-order valence-electron chi connectivity index (χ3n) is 5.60. The van der Waals surface area contributed by atoms with Crippen LogP contribution < -0.4 is 10.1 Å². The van der Waals surface area contributed by atoms with Crippen molar-refractivity contribution in [3.8, 4) is 34.2 Å². The number of aromatic nitrogens is 1. The first-order valence-corrected chi connectivity index (χ1v) is 12.2. The Morgan fingerprint density at radius 1 is 1.00 bits per heavy atom. The minimum absolute atomic E-state index is 0.0752. The normalized spacial score (nSPS) is 11.3. The zero-order valence-electron chi connectivity index (χ0n) is 20.1. The fourth-order valence-corrected chi connectivity index (χ4v) is 4.59. The van der Waals surface area contributed by atoms with Crippen LogP contribution in [0.5, 0.6) is 5.75 Å². The number of rotatable bonds is 8. The molecule has 0 aliphatic carbocycles. The van der Waals surface area contributed by atoms with E-state index in [0.717, 1.165) is 11.1 Å². The molecular formula is C29H23N3O4S. The molecule has 184 valence electrons. The van der Waals surface area contributed by atoms with Gasteiger partial charge < -0.3 is 15.2 Å². The number of nitriles is 1. The Labute approximate surface area is 218 Å². The van der Waals surface area contributed by atoms with E-state index < -0.39 is 11.2 Å². The number of carbonyl (C=O) groups is 2. The van der Waals surface area contributed by atoms with Crippen molar-refractivity contribution in [3.05, 3.63) is 96.1 Å². The highest BCUT2D eigenvalue weighted by Gasteiger charge is 2.22. The molecule has 0 spiro atoms. The van der Waals surface area contributed by atoms with E-state index in [-0.39, 0.29) is 11.5 Å². The van der Waals surface area contributed by atoms with Gasteiger partial charge in [0, 0.05) is 16.8 Å². The van der Waals surface area contributed by atoms with Crippen molar-refractivity contribution < 1.29 is 19.4 Å². The maximum atomic E-state index is 13.0. The first-order valence-electron chi connectivity index (χ1n) is 11.4. The van der Waals surface area contributed by atoms with Crippen LogP contribution in [0.1, 0.15) is 22.8 Å². The Balaban J connectivity index is 1.70. The molecule has 0 saturated heterocycles. The first-order chi connectivity index (χ1) is 17.9. The molecule has 1 atom stereocenters. The van der Waals surface area contributed by atoms with Crippen molar-refractivity contribution in [2.24, 2.45) is 0 Å². The van der Waals surface area contributed by atoms with Crippen LogP contribution in [0, 0.1) is 11.3 Å². The summed E-state index contributed by atoms with van der Waals surface area (Å²) in [5.41, 5.74) is 3.89. The fourth-order valence-electron chi connectivity index (χ4n) is 3.66. The summed E-state index contributed by atoms with van der Waals surface area (Å²) < 4.78 is 5.27. The van der Waals surface area contributed by atoms with Crippen molar-refractivity contribution in [2.45, 2.75) is 17.2 Å². The summed E-state index contributed by atoms with van der Waals surface area (Å²) in [5, 5.41) is 21.9. The molecule has 0 aliphatic rings. The first kappa shape index (κ1) is 25.5. The highest BCUT2D eigenvalue weighted by atomic mass is 32.2. The summed E-state index contributed by atoms with van der Waals surface area (Å²) in [7, 11) is 1.59. The lowest BCUT2D eigenvalue weighted by Crippen LogP contribution is -2.23. The summed E-state index contributed by atoms with van der Waals surface area (Å²) in [5.74, 6) is -0.717. The molecule has 8 heteroatoms. The molecule has 7 nitrogen and oxygen atoms in total. The van der Waals surface area contributed by atoms with Gasteiger partial charge in [0.05, 0.1) is 29.2 Å². The van der Waals surface area contributed by atoms with E-state index >= 15 is 0 Å². The molecule has 1 unspecified atom stereocenters. The van der Waals surface area contributed by atoms with Gasteiger partial charge in [-0.05, 0) is 48.9 Å². The number of methoxy groups -OCH3 is 1. The molecule has 1 heterocycles. The number of hydrogen-bond acceptors (Lipinski definition) is 6. The van der Waals surface area contributed by atoms with E-state index in [2.05, 4.69) is 11.4 Å². The lowest BCUT2D eigenvalue weighted by molar-refractivity contribution is -0.115. The zero-order chi connectivity index (χ0) is 26.4. The summed E-state index contributed by atoms with van der Waals surface area (Å²) in [6.45, 7) is 1.71. The van der Waals surface area contributed by atoms with E-state index in [1.807, 2.05) is 60.7 Å². The maximum Gasteiger partial charge on any atom is 0.335 e. The number of nitrogens with one attached hydrogen (secondary N) is 1. The van der Waals surface area contributed by atoms with Gasteiger partial charge in [-0.1, -0.05) is 60.3 Å². The number of anilines is 1. The van der Waals surface area contributed by atoms with Crippen LogP contribution >= 0.6 is 11.8 Å². The van der Waals surface area contributed by atoms with Gasteiger partial charge in [0.15, 0.2) is 0 Å². The van der Waals surface area contributed by atoms with E-state index in [4.69, 9.17) is 9.72 Å². The lowest BCUT2D eigenvalue weighted by atomic mass is 9.99. The van der Waals surface area contributed by atoms with Crippen molar-refractivity contribution in [3.63, 3.8) is 0 Å². The third kappa shape index (κ3) is 5.97. The molecule has 0 aliphatic heterocycles. The number of ether oxygens (including phenoxy) is 1. The average Bonchev–Trinajstić information content (AvgIpc) is 2.93. The van der Waals surface area contributed by atoms with Gasteiger partial charge in [-0.25, -0.2) is 9.78 Å². The minimum atomic E-state index is -1.08. The van der Waals surface area contributed by atoms with Crippen LogP contribution in [0.25, 0.3) is 22.4 Å². The van der Waals surface area contributed by atoms with Crippen LogP contribution in [0.15, 0.2) is 90.0 Å². The molecule has 0 fully saturated rings. The molecule has 1 amide bonds. The van der Waals surface area contributed by atoms with Gasteiger partial charge in [0.1, 0.15) is 16.8 Å². The van der Waals surface area contributed by atoms with Gasteiger partial charge in [0.25, 0.3) is 0 Å². The van der Waals surface area contributed by atoms with Crippen LogP contribution in [-0.2, 0) is 4.79 Å². The van der Waals surface area contributed by atoms with Gasteiger partial charge in [0.2, 0.25) is 5.91 Å². The second kappa shape index (κ2) is 11.4. The quantitative estimate of drug-likeness (QED) is 0.275. The Morgan fingerprint density at radius 3 is 2.38 bits per heavy atom. The molecule has 4 rings (SSSR count). The lowest BCUT2D eigenvalue weighted by Gasteiger charge is -2.16. The van der Waals surface area contributed by atoms with Crippen molar-refractivity contribution in [1.82, 2.24) is 4.98 Å². The molecule has 3 aromatic carbocycles. The van der Waals surface area contributed by atoms with E-state index in [1.54, 1.807) is 26.2 Å². The predicted octanol–water partition coefficient (Wildman–Crippen LogP) is 6.11. The summed E-state index contributed by atoms with van der Waals surface area (Å²) in [6.07, 6.45) is 0. The third-order valence-corrected chi connectivity index (χ3v) is 6.69. The molecule has 37 heavy (non-hydrogen) atoms. The fraction of sp³-hybridized carbons (Fsp3) is 0.103. The second-order valence-corrected chi connectivity index (χ2v) is 9.41. The Bertz CT molecular complexity index is 1480. The number of carboxylic acids is 1. The number of carboxylic acid groups (broad SMARTS) is 1. The number of carbonyl (C=O) groups excluding carboxylic acids is 1. The van der Waals surface area contributed by atoms with Gasteiger partial charge in [-0.3, -0.25) is 4.79 Å². The maximum absolute atomic E-state index is 13.0. The highest BCUT2D eigenvalue weighted by Crippen LogP contribution is 2.36. The van der Waals surface area contributed by atoms with E-state index in [9.17, 15) is 20.0 Å². The summed E-state index contributed by atoms with van der Waals surface area (Å²) in [6, 6.07) is 27.2. The molecular weight excluding hydrogens is 486 g/mol. The van der Waals surface area contributed by atoms with Crippen LogP contribution in [0.2, 0.25) is 0 Å². The van der Waals surface area contributed by atoms with Gasteiger partial charge >= 0.3 is 5.97 Å². The van der Waals surface area contributed by atoms with Gasteiger partial charge in [-0.2, -0.15) is 5.26 Å². The van der Waals surface area contributed by atoms with E-state index in [0.29, 0.717) is 33.3 Å². The minimum Gasteiger partial charge on any atom is -0.497 e. The zero-order valence-corrected chi connectivity index (χ0v) is 21.0. The number of nitrogens with zero attached hydrogens (tertiary/aromatic N) is 2. The number of amides is 1. The number of thioether (sulfide) groups is 1. The molecule has 0 bridgehead atoms. The topological polar surface area (TPSA) is 112 Å². The largest absolute Gasteiger partial charge is 0.497 e. The Hall–Kier alpha value is -4.61. The number of hydrogen-bond donors (Lipinski definition) is 2. The van der Waals surface area contributed by atoms with Crippen LogP contribution in [0.3, 0.4) is 0 Å². The second-order valence-electron chi connectivity index (χ2n) is 8.08. The standard InChI is InChI=1S/C29H23N3O4S/c1-18(27(33)31-22-10-6-9-21(15-22)29(34)35)37-28-25(17-30)24(19-11-13-23(36-2)14-12-19)16-26(32-28)20-7-4-3-5-8-20/h3-16,18H,1-2H3,(H,31,33)(H,34,35). The predicted molar refractivity (Wildman–Crippen MR) is 144 cm³/mol. The number of aromatic carboxylic acids is 1. The molecule has 1 aromatic heterocycles. The molecule has 2 N–H and O–H groups in total. The monoisotopic (exact) mass is 509 g/mol. The van der Waals surface area contributed by atoms with Crippen LogP contribution in [-0.4, -0.2) is 34.3 Å². The Kier molecular flexibility index (Phi) is 7.86. The Morgan fingerprint density at radius 2 is 1.73 bits per heavy atom. The summed E-state index contributed by atoms with van der Waals surface area (Å²) in [4.78, 5) is 29.0. The molecule has 0 saturated carbocycles. The van der Waals surface area contributed by atoms with Crippen LogP contribution in [0.4, 0.5) is 5.69 Å². The molecule has 4 aromatic rings. The average molecular weight is 510 g/mol. The SMILES string of the molecule is COc1ccc(-c2cc(-c3ccccc3)nc(SC(C)C(=O)Nc3cccc(C(=O)O)c3)c2C#N)cc1. The number of benzene rings is 3. The van der Waals surface area contributed by atoms with Gasteiger partial charge in [-0.15, -0.1) is 0 Å². The van der Waals surface area contributed by atoms with Crippen molar-refractivity contribution in [2.75, 3.05) is 12.4 Å². The smallest absolute Gasteiger partial charge is 0.335 e. The summed E-state index contributed by atoms with van der Waals surface area (Å²) >= 11 is 1.17. The molecule has 0 radical (unpaired) electrons. The number of pyridine rings is 1. The van der Waals surface area contributed by atoms with Crippen molar-refractivity contribution >= 4 is 29.3 Å².